The third-order valence-corrected chi connectivity index (χ3v) is 6.72. The molecule has 1 fully saturated rings. The Morgan fingerprint density at radius 3 is 2.28 bits per heavy atom. The molecule has 5 N–H and O–H groups in total. The first-order chi connectivity index (χ1) is 17.4. The summed E-state index contributed by atoms with van der Waals surface area (Å²) in [5.74, 6) is -1.17. The molecule has 1 atom stereocenters. The lowest BCUT2D eigenvalue weighted by molar-refractivity contribution is -0.124. The van der Waals surface area contributed by atoms with Gasteiger partial charge in [-0.25, -0.2) is 0 Å². The maximum Gasteiger partial charge on any atom is 0.488 e. The molecule has 1 aliphatic carbocycles. The zero-order valence-corrected chi connectivity index (χ0v) is 20.2. The molecule has 0 heterocycles. The lowest BCUT2D eigenvalue weighted by Gasteiger charge is -2.29. The molecule has 0 aliphatic heterocycles. The Kier molecular flexibility index (Phi) is 8.02. The van der Waals surface area contributed by atoms with Gasteiger partial charge in [-0.05, 0) is 65.3 Å². The number of hydrogen-bond donors (Lipinski definition) is 5. The molecule has 3 aromatic carbocycles. The Bertz CT molecular complexity index is 1270. The Labute approximate surface area is 210 Å². The highest BCUT2D eigenvalue weighted by molar-refractivity contribution is 6.58. The summed E-state index contributed by atoms with van der Waals surface area (Å²) in [6, 6.07) is 16.5. The van der Waals surface area contributed by atoms with Crippen molar-refractivity contribution in [2.75, 3.05) is 12.4 Å². The van der Waals surface area contributed by atoms with Gasteiger partial charge >= 0.3 is 7.12 Å². The van der Waals surface area contributed by atoms with Gasteiger partial charge in [0.2, 0.25) is 5.91 Å². The molecule has 9 heteroatoms. The standard InChI is InChI=1S/C27H30BN3O5/c1-29-27(34)24(18-8-3-2-4-9-18)31-26(33)21-14-22(28(35)36)16-23(15-21)30-25(32)20-12-11-17-7-5-6-10-19(17)13-20/h5-7,10-16,18,24,35-36H,2-4,8-9H2,1H3,(H,29,34)(H,30,32)(H,31,33)/t24-/m0/s1. The van der Waals surface area contributed by atoms with Crippen LogP contribution in [0.2, 0.25) is 0 Å². The van der Waals surface area contributed by atoms with E-state index in [1.165, 1.54) is 25.2 Å². The molecule has 186 valence electrons. The van der Waals surface area contributed by atoms with Crippen molar-refractivity contribution in [1.82, 2.24) is 10.6 Å². The molecule has 4 rings (SSSR count). The van der Waals surface area contributed by atoms with Gasteiger partial charge in [-0.3, -0.25) is 14.4 Å². The van der Waals surface area contributed by atoms with Crippen LogP contribution in [0.4, 0.5) is 5.69 Å². The summed E-state index contributed by atoms with van der Waals surface area (Å²) in [6.07, 6.45) is 4.82. The monoisotopic (exact) mass is 487 g/mol. The van der Waals surface area contributed by atoms with Crippen LogP contribution in [0.15, 0.2) is 60.7 Å². The lowest BCUT2D eigenvalue weighted by atomic mass is 9.79. The largest absolute Gasteiger partial charge is 0.488 e. The maximum atomic E-state index is 13.2. The third-order valence-electron chi connectivity index (χ3n) is 6.72. The average Bonchev–Trinajstić information content (AvgIpc) is 2.91. The Morgan fingerprint density at radius 1 is 0.861 bits per heavy atom. The lowest BCUT2D eigenvalue weighted by Crippen LogP contribution is -2.50. The van der Waals surface area contributed by atoms with E-state index in [9.17, 15) is 24.4 Å². The molecular formula is C27H30BN3O5. The second kappa shape index (κ2) is 11.4. The number of carbonyl (C=O) groups excluding carboxylic acids is 3. The molecule has 0 saturated heterocycles. The van der Waals surface area contributed by atoms with Crippen LogP contribution in [-0.2, 0) is 4.79 Å². The van der Waals surface area contributed by atoms with Crippen LogP contribution >= 0.6 is 0 Å². The molecule has 0 spiro atoms. The summed E-state index contributed by atoms with van der Waals surface area (Å²) in [7, 11) is -0.310. The van der Waals surface area contributed by atoms with Gasteiger partial charge in [0.1, 0.15) is 6.04 Å². The van der Waals surface area contributed by atoms with E-state index in [-0.39, 0.29) is 28.5 Å². The van der Waals surface area contributed by atoms with E-state index in [0.717, 1.165) is 42.9 Å². The number of fused-ring (bicyclic) bond motifs is 1. The minimum Gasteiger partial charge on any atom is -0.423 e. The summed E-state index contributed by atoms with van der Waals surface area (Å²) in [6.45, 7) is 0. The summed E-state index contributed by atoms with van der Waals surface area (Å²) in [5.41, 5.74) is 0.814. The van der Waals surface area contributed by atoms with Gasteiger partial charge in [0.15, 0.2) is 0 Å². The number of likely N-dealkylation sites (N-methyl/N-ethyl adjacent to an activating group) is 1. The normalized spacial score (nSPS) is 14.6. The smallest absolute Gasteiger partial charge is 0.423 e. The van der Waals surface area contributed by atoms with Gasteiger partial charge in [-0.2, -0.15) is 0 Å². The number of benzene rings is 3. The predicted octanol–water partition coefficient (Wildman–Crippen LogP) is 2.20. The van der Waals surface area contributed by atoms with E-state index in [0.29, 0.717) is 5.56 Å². The first-order valence-electron chi connectivity index (χ1n) is 12.2. The molecular weight excluding hydrogens is 457 g/mol. The van der Waals surface area contributed by atoms with E-state index in [2.05, 4.69) is 16.0 Å². The zero-order valence-electron chi connectivity index (χ0n) is 20.2. The van der Waals surface area contributed by atoms with Crippen molar-refractivity contribution in [3.05, 3.63) is 71.8 Å². The number of hydrogen-bond acceptors (Lipinski definition) is 5. The van der Waals surface area contributed by atoms with Gasteiger partial charge < -0.3 is 26.0 Å². The second-order valence-corrected chi connectivity index (χ2v) is 9.20. The number of carbonyl (C=O) groups is 3. The van der Waals surface area contributed by atoms with E-state index >= 15 is 0 Å². The fourth-order valence-corrected chi connectivity index (χ4v) is 4.78. The number of nitrogens with one attached hydrogen (secondary N) is 3. The number of anilines is 1. The molecule has 1 saturated carbocycles. The van der Waals surface area contributed by atoms with Crippen LogP contribution in [0, 0.1) is 5.92 Å². The Balaban J connectivity index is 1.57. The van der Waals surface area contributed by atoms with Gasteiger partial charge in [0.25, 0.3) is 11.8 Å². The van der Waals surface area contributed by atoms with Crippen LogP contribution in [0.1, 0.15) is 52.8 Å². The van der Waals surface area contributed by atoms with Crippen LogP contribution in [0.25, 0.3) is 10.8 Å². The molecule has 1 aliphatic rings. The Morgan fingerprint density at radius 2 is 1.58 bits per heavy atom. The van der Waals surface area contributed by atoms with Crippen molar-refractivity contribution in [3.8, 4) is 0 Å². The van der Waals surface area contributed by atoms with Gasteiger partial charge in [0, 0.05) is 23.9 Å². The summed E-state index contributed by atoms with van der Waals surface area (Å²) >= 11 is 0. The summed E-state index contributed by atoms with van der Waals surface area (Å²) < 4.78 is 0. The van der Waals surface area contributed by atoms with Gasteiger partial charge in [-0.1, -0.05) is 49.6 Å². The van der Waals surface area contributed by atoms with Crippen LogP contribution in [0.5, 0.6) is 0 Å². The zero-order chi connectivity index (χ0) is 25.7. The molecule has 0 bridgehead atoms. The van der Waals surface area contributed by atoms with Gasteiger partial charge in [0.05, 0.1) is 0 Å². The fourth-order valence-electron chi connectivity index (χ4n) is 4.78. The number of rotatable bonds is 7. The highest BCUT2D eigenvalue weighted by Crippen LogP contribution is 2.27. The SMILES string of the molecule is CNC(=O)[C@@H](NC(=O)c1cc(NC(=O)c2ccc3ccccc3c2)cc(B(O)O)c1)C1CCCCC1. The van der Waals surface area contributed by atoms with E-state index < -0.39 is 25.0 Å². The molecule has 8 nitrogen and oxygen atoms in total. The maximum absolute atomic E-state index is 13.2. The highest BCUT2D eigenvalue weighted by Gasteiger charge is 2.31. The average molecular weight is 487 g/mol. The van der Waals surface area contributed by atoms with E-state index in [1.54, 1.807) is 12.1 Å². The van der Waals surface area contributed by atoms with Crippen molar-refractivity contribution in [1.29, 1.82) is 0 Å². The van der Waals surface area contributed by atoms with Gasteiger partial charge in [-0.15, -0.1) is 0 Å². The molecule has 0 unspecified atom stereocenters. The first-order valence-corrected chi connectivity index (χ1v) is 12.2. The molecule has 3 aromatic rings. The first kappa shape index (κ1) is 25.4. The highest BCUT2D eigenvalue weighted by atomic mass is 16.4. The van der Waals surface area contributed by atoms with Crippen molar-refractivity contribution in [2.24, 2.45) is 5.92 Å². The molecule has 0 radical (unpaired) electrons. The van der Waals surface area contributed by atoms with Crippen LogP contribution < -0.4 is 21.4 Å². The van der Waals surface area contributed by atoms with E-state index in [4.69, 9.17) is 0 Å². The fraction of sp³-hybridized carbons (Fsp3) is 0.296. The van der Waals surface area contributed by atoms with Crippen LogP contribution in [0.3, 0.4) is 0 Å². The minimum absolute atomic E-state index is 0.0290. The molecule has 3 amide bonds. The summed E-state index contributed by atoms with van der Waals surface area (Å²) in [4.78, 5) is 38.7. The van der Waals surface area contributed by atoms with Crippen molar-refractivity contribution < 1.29 is 24.4 Å². The quantitative estimate of drug-likeness (QED) is 0.327. The minimum atomic E-state index is -1.85. The van der Waals surface area contributed by atoms with Crippen molar-refractivity contribution in [3.63, 3.8) is 0 Å². The predicted molar refractivity (Wildman–Crippen MR) is 140 cm³/mol. The summed E-state index contributed by atoms with van der Waals surface area (Å²) in [5, 5.41) is 29.7. The van der Waals surface area contributed by atoms with Crippen molar-refractivity contribution in [2.45, 2.75) is 38.1 Å². The van der Waals surface area contributed by atoms with Crippen molar-refractivity contribution >= 4 is 46.8 Å². The number of amides is 3. The third kappa shape index (κ3) is 5.92. The van der Waals surface area contributed by atoms with Crippen LogP contribution in [-0.4, -0.2) is 48.0 Å². The topological polar surface area (TPSA) is 128 Å². The molecule has 36 heavy (non-hydrogen) atoms. The molecule has 0 aromatic heterocycles. The second-order valence-electron chi connectivity index (χ2n) is 9.20. The van der Waals surface area contributed by atoms with E-state index in [1.807, 2.05) is 30.3 Å². The Hall–Kier alpha value is -3.69.